The summed E-state index contributed by atoms with van der Waals surface area (Å²) in [4.78, 5) is 10.9. The number of hydrogen-bond donors (Lipinski definition) is 1. The Morgan fingerprint density at radius 3 is 2.94 bits per heavy atom. The Labute approximate surface area is 94.2 Å². The topological polar surface area (TPSA) is 56.2 Å². The van der Waals surface area contributed by atoms with Crippen molar-refractivity contribution in [1.29, 1.82) is 0 Å². The fraction of sp³-hybridized carbons (Fsp3) is 0.308. The molecule has 1 aromatic heterocycles. The van der Waals surface area contributed by atoms with Gasteiger partial charge in [0.05, 0.1) is 6.26 Å². The third kappa shape index (κ3) is 2.14. The van der Waals surface area contributed by atoms with E-state index in [1.54, 1.807) is 13.2 Å². The van der Waals surface area contributed by atoms with Crippen LogP contribution in [0.5, 0.6) is 0 Å². The lowest BCUT2D eigenvalue weighted by Gasteiger charge is -2.08. The van der Waals surface area contributed by atoms with Crippen LogP contribution in [-0.4, -0.2) is 5.78 Å². The fourth-order valence-electron chi connectivity index (χ4n) is 1.80. The van der Waals surface area contributed by atoms with Crippen molar-refractivity contribution in [1.82, 2.24) is 0 Å². The summed E-state index contributed by atoms with van der Waals surface area (Å²) in [5.74, 6) is 0.170. The summed E-state index contributed by atoms with van der Waals surface area (Å²) in [5.41, 5.74) is 7.87. The molecule has 84 valence electrons. The van der Waals surface area contributed by atoms with E-state index in [1.165, 1.54) is 0 Å². The smallest absolute Gasteiger partial charge is 0.134 e. The van der Waals surface area contributed by atoms with Gasteiger partial charge in [0.2, 0.25) is 0 Å². The number of nitrogens with two attached hydrogens (primary N) is 1. The van der Waals surface area contributed by atoms with Gasteiger partial charge in [0.1, 0.15) is 11.4 Å². The molecule has 3 heteroatoms. The quantitative estimate of drug-likeness (QED) is 0.856. The van der Waals surface area contributed by atoms with Gasteiger partial charge in [0.25, 0.3) is 0 Å². The number of carbonyl (C=O) groups is 1. The van der Waals surface area contributed by atoms with Gasteiger partial charge in [-0.15, -0.1) is 0 Å². The summed E-state index contributed by atoms with van der Waals surface area (Å²) in [6.07, 6.45) is 2.87. The zero-order valence-electron chi connectivity index (χ0n) is 9.27. The molecule has 3 nitrogen and oxygen atoms in total. The van der Waals surface area contributed by atoms with Crippen LogP contribution in [-0.2, 0) is 4.79 Å². The van der Waals surface area contributed by atoms with Crippen LogP contribution in [0.2, 0.25) is 0 Å². The van der Waals surface area contributed by atoms with Gasteiger partial charge < -0.3 is 14.9 Å². The molecule has 1 atom stereocenters. The van der Waals surface area contributed by atoms with Crippen molar-refractivity contribution in [3.8, 4) is 0 Å². The summed E-state index contributed by atoms with van der Waals surface area (Å²) in [5, 5.41) is 1.04. The number of ketones is 1. The molecule has 0 radical (unpaired) electrons. The average Bonchev–Trinajstić information content (AvgIpc) is 2.69. The molecule has 0 saturated carbocycles. The Balaban J connectivity index is 2.22. The molecule has 1 aromatic carbocycles. The highest BCUT2D eigenvalue weighted by Crippen LogP contribution is 2.27. The van der Waals surface area contributed by atoms with E-state index in [2.05, 4.69) is 0 Å². The van der Waals surface area contributed by atoms with Gasteiger partial charge in [-0.1, -0.05) is 18.2 Å². The normalized spacial score (nSPS) is 12.9. The Morgan fingerprint density at radius 2 is 2.19 bits per heavy atom. The number of para-hydroxylation sites is 1. The molecular formula is C13H15NO2. The van der Waals surface area contributed by atoms with Crippen LogP contribution in [0.15, 0.2) is 34.9 Å². The molecule has 1 unspecified atom stereocenters. The maximum absolute atomic E-state index is 10.9. The minimum Gasteiger partial charge on any atom is -0.464 e. The predicted octanol–water partition coefficient (Wildman–Crippen LogP) is 2.80. The van der Waals surface area contributed by atoms with Gasteiger partial charge in [-0.3, -0.25) is 0 Å². The van der Waals surface area contributed by atoms with Gasteiger partial charge in [0.15, 0.2) is 0 Å². The molecule has 1 heterocycles. The van der Waals surface area contributed by atoms with E-state index in [-0.39, 0.29) is 11.8 Å². The highest BCUT2D eigenvalue weighted by atomic mass is 16.3. The van der Waals surface area contributed by atoms with Crippen molar-refractivity contribution < 1.29 is 9.21 Å². The van der Waals surface area contributed by atoms with Crippen LogP contribution in [0.4, 0.5) is 0 Å². The lowest BCUT2D eigenvalue weighted by atomic mass is 10.0. The molecule has 2 rings (SSSR count). The van der Waals surface area contributed by atoms with Crippen molar-refractivity contribution >= 4 is 16.8 Å². The van der Waals surface area contributed by atoms with E-state index >= 15 is 0 Å². The third-order valence-electron chi connectivity index (χ3n) is 2.72. The lowest BCUT2D eigenvalue weighted by molar-refractivity contribution is -0.117. The number of rotatable bonds is 4. The van der Waals surface area contributed by atoms with E-state index in [0.29, 0.717) is 12.8 Å². The molecular weight excluding hydrogens is 202 g/mol. The number of carbonyl (C=O) groups excluding carboxylic acids is 1. The van der Waals surface area contributed by atoms with Crippen molar-refractivity contribution in [2.24, 2.45) is 5.73 Å². The van der Waals surface area contributed by atoms with Crippen LogP contribution in [0.1, 0.15) is 31.4 Å². The summed E-state index contributed by atoms with van der Waals surface area (Å²) >= 11 is 0. The van der Waals surface area contributed by atoms with Crippen molar-refractivity contribution in [2.75, 3.05) is 0 Å². The maximum Gasteiger partial charge on any atom is 0.134 e. The fourth-order valence-corrected chi connectivity index (χ4v) is 1.80. The largest absolute Gasteiger partial charge is 0.464 e. The minimum atomic E-state index is -0.132. The first-order valence-electron chi connectivity index (χ1n) is 5.39. The third-order valence-corrected chi connectivity index (χ3v) is 2.72. The second-order valence-corrected chi connectivity index (χ2v) is 4.03. The first-order chi connectivity index (χ1) is 7.68. The first kappa shape index (κ1) is 10.9. The number of Topliss-reactive ketones (excluding diaryl/α,β-unsaturated/α-hetero) is 1. The standard InChI is InChI=1S/C13H15NO2/c1-9(15)6-7-12(14)11-8-16-13-5-3-2-4-10(11)13/h2-5,8,12H,6-7,14H2,1H3. The van der Waals surface area contributed by atoms with Gasteiger partial charge >= 0.3 is 0 Å². The highest BCUT2D eigenvalue weighted by Gasteiger charge is 2.13. The van der Waals surface area contributed by atoms with Crippen LogP contribution in [0.25, 0.3) is 11.0 Å². The van der Waals surface area contributed by atoms with E-state index in [4.69, 9.17) is 10.2 Å². The Kier molecular flexibility index (Phi) is 3.06. The highest BCUT2D eigenvalue weighted by molar-refractivity contribution is 5.81. The number of hydrogen-bond acceptors (Lipinski definition) is 3. The zero-order valence-corrected chi connectivity index (χ0v) is 9.27. The summed E-state index contributed by atoms with van der Waals surface area (Å²) in [6, 6.07) is 7.65. The summed E-state index contributed by atoms with van der Waals surface area (Å²) in [6.45, 7) is 1.58. The van der Waals surface area contributed by atoms with E-state index < -0.39 is 0 Å². The van der Waals surface area contributed by atoms with Crippen molar-refractivity contribution in [3.63, 3.8) is 0 Å². The minimum absolute atomic E-state index is 0.132. The lowest BCUT2D eigenvalue weighted by Crippen LogP contribution is -2.11. The molecule has 2 aromatic rings. The Morgan fingerprint density at radius 1 is 1.44 bits per heavy atom. The molecule has 0 spiro atoms. The maximum atomic E-state index is 10.9. The summed E-state index contributed by atoms with van der Waals surface area (Å²) in [7, 11) is 0. The summed E-state index contributed by atoms with van der Waals surface area (Å²) < 4.78 is 5.41. The zero-order chi connectivity index (χ0) is 11.5. The van der Waals surface area contributed by atoms with Crippen molar-refractivity contribution in [2.45, 2.75) is 25.8 Å². The molecule has 0 bridgehead atoms. The molecule has 0 fully saturated rings. The molecule has 0 aliphatic heterocycles. The molecule has 2 N–H and O–H groups in total. The molecule has 0 aliphatic carbocycles. The van der Waals surface area contributed by atoms with Crippen LogP contribution < -0.4 is 5.73 Å². The number of furan rings is 1. The first-order valence-corrected chi connectivity index (χ1v) is 5.39. The van der Waals surface area contributed by atoms with Crippen LogP contribution in [0.3, 0.4) is 0 Å². The van der Waals surface area contributed by atoms with E-state index in [0.717, 1.165) is 16.5 Å². The van der Waals surface area contributed by atoms with E-state index in [9.17, 15) is 4.79 Å². The SMILES string of the molecule is CC(=O)CCC(N)c1coc2ccccc12. The second kappa shape index (κ2) is 4.49. The Bertz CT molecular complexity index is 501. The monoisotopic (exact) mass is 217 g/mol. The second-order valence-electron chi connectivity index (χ2n) is 4.03. The molecule has 0 saturated heterocycles. The Hall–Kier alpha value is -1.61. The number of benzene rings is 1. The van der Waals surface area contributed by atoms with Crippen LogP contribution >= 0.6 is 0 Å². The van der Waals surface area contributed by atoms with Gasteiger partial charge in [-0.05, 0) is 19.4 Å². The average molecular weight is 217 g/mol. The van der Waals surface area contributed by atoms with E-state index in [1.807, 2.05) is 24.3 Å². The van der Waals surface area contributed by atoms with Crippen molar-refractivity contribution in [3.05, 3.63) is 36.1 Å². The number of fused-ring (bicyclic) bond motifs is 1. The van der Waals surface area contributed by atoms with Gasteiger partial charge in [-0.2, -0.15) is 0 Å². The molecule has 0 aliphatic rings. The van der Waals surface area contributed by atoms with Gasteiger partial charge in [0, 0.05) is 23.4 Å². The predicted molar refractivity (Wildman–Crippen MR) is 63.1 cm³/mol. The molecule has 0 amide bonds. The molecule has 16 heavy (non-hydrogen) atoms. The van der Waals surface area contributed by atoms with Crippen LogP contribution in [0, 0.1) is 0 Å². The van der Waals surface area contributed by atoms with Gasteiger partial charge in [-0.25, -0.2) is 0 Å².